The fourth-order valence-electron chi connectivity index (χ4n) is 2.04. The summed E-state index contributed by atoms with van der Waals surface area (Å²) in [4.78, 5) is 11.3. The third kappa shape index (κ3) is 4.46. The molecule has 0 saturated carbocycles. The fraction of sp³-hybridized carbons (Fsp3) is 0.333. The number of hydrogen-bond acceptors (Lipinski definition) is 4. The summed E-state index contributed by atoms with van der Waals surface area (Å²) in [5.74, 6) is -6.08. The molecular formula is C15H13F5N2O3. The number of benzene rings is 1. The highest BCUT2D eigenvalue weighted by Gasteiger charge is 2.44. The molecule has 2 aromatic rings. The zero-order valence-electron chi connectivity index (χ0n) is 12.9. The number of methoxy groups -OCH3 is 1. The number of ether oxygens (including phenoxy) is 2. The van der Waals surface area contributed by atoms with E-state index in [0.29, 0.717) is 4.68 Å². The summed E-state index contributed by atoms with van der Waals surface area (Å²) >= 11 is 0. The molecule has 0 bridgehead atoms. The van der Waals surface area contributed by atoms with Crippen LogP contribution in [0.3, 0.4) is 0 Å². The molecule has 1 aromatic heterocycles. The molecule has 0 amide bonds. The number of halogens is 5. The van der Waals surface area contributed by atoms with Crippen LogP contribution >= 0.6 is 0 Å². The average Bonchev–Trinajstić information content (AvgIpc) is 2.97. The predicted octanol–water partition coefficient (Wildman–Crippen LogP) is 3.29. The van der Waals surface area contributed by atoms with Gasteiger partial charge < -0.3 is 9.47 Å². The summed E-state index contributed by atoms with van der Waals surface area (Å²) in [6.07, 6.45) is -3.35. The lowest BCUT2D eigenvalue weighted by atomic mass is 10.1. The maximum atomic E-state index is 14.1. The quantitative estimate of drug-likeness (QED) is 0.583. The molecule has 0 N–H and O–H groups in total. The normalized spacial score (nSPS) is 12.1. The zero-order valence-corrected chi connectivity index (χ0v) is 12.9. The molecule has 136 valence electrons. The van der Waals surface area contributed by atoms with E-state index < -0.39 is 36.8 Å². The van der Waals surface area contributed by atoms with Crippen LogP contribution < -0.4 is 4.74 Å². The first kappa shape index (κ1) is 18.7. The minimum atomic E-state index is -4.49. The van der Waals surface area contributed by atoms with Crippen molar-refractivity contribution in [3.05, 3.63) is 47.8 Å². The molecule has 0 radical (unpaired) electrons. The molecule has 0 aliphatic heterocycles. The number of para-hydroxylation sites is 1. The summed E-state index contributed by atoms with van der Waals surface area (Å²) in [6.45, 7) is -1.77. The van der Waals surface area contributed by atoms with Crippen molar-refractivity contribution in [1.82, 2.24) is 9.78 Å². The van der Waals surface area contributed by atoms with Crippen molar-refractivity contribution in [3.63, 3.8) is 0 Å². The van der Waals surface area contributed by atoms with Gasteiger partial charge in [-0.3, -0.25) is 4.68 Å². The molecule has 0 aliphatic carbocycles. The summed E-state index contributed by atoms with van der Waals surface area (Å²) < 4.78 is 75.4. The van der Waals surface area contributed by atoms with Crippen LogP contribution in [-0.4, -0.2) is 29.0 Å². The SMILES string of the molecule is COC(=O)C(F)(F)c1ccccc1OCc1ccnn1CC(F)(F)F. The van der Waals surface area contributed by atoms with Crippen LogP contribution in [0.2, 0.25) is 0 Å². The second-order valence-corrected chi connectivity index (χ2v) is 4.95. The highest BCUT2D eigenvalue weighted by atomic mass is 19.4. The highest BCUT2D eigenvalue weighted by Crippen LogP contribution is 2.36. The van der Waals surface area contributed by atoms with Gasteiger partial charge in [0.1, 0.15) is 18.9 Å². The average molecular weight is 364 g/mol. The van der Waals surface area contributed by atoms with Gasteiger partial charge in [0.25, 0.3) is 0 Å². The monoisotopic (exact) mass is 364 g/mol. The lowest BCUT2D eigenvalue weighted by Crippen LogP contribution is -2.28. The number of rotatable bonds is 6. The van der Waals surface area contributed by atoms with Gasteiger partial charge in [0.2, 0.25) is 0 Å². The number of aromatic nitrogens is 2. The van der Waals surface area contributed by atoms with Crippen molar-refractivity contribution < 1.29 is 36.2 Å². The lowest BCUT2D eigenvalue weighted by Gasteiger charge is -2.18. The van der Waals surface area contributed by atoms with Gasteiger partial charge in [-0.1, -0.05) is 12.1 Å². The Bertz CT molecular complexity index is 743. The minimum absolute atomic E-state index is 0.0357. The largest absolute Gasteiger partial charge is 0.487 e. The topological polar surface area (TPSA) is 53.4 Å². The molecule has 25 heavy (non-hydrogen) atoms. The van der Waals surface area contributed by atoms with Crippen LogP contribution in [0.5, 0.6) is 5.75 Å². The molecule has 0 saturated heterocycles. The molecule has 0 atom stereocenters. The number of carbonyl (C=O) groups is 1. The van der Waals surface area contributed by atoms with E-state index in [1.165, 1.54) is 24.3 Å². The number of hydrogen-bond donors (Lipinski definition) is 0. The van der Waals surface area contributed by atoms with Crippen LogP contribution in [0.25, 0.3) is 0 Å². The standard InChI is InChI=1S/C15H13F5N2O3/c1-24-13(23)15(19,20)11-4-2-3-5-12(11)25-8-10-6-7-21-22(10)9-14(16,17)18/h2-7H,8-9H2,1H3. The number of carbonyl (C=O) groups excluding carboxylic acids is 1. The number of esters is 1. The first-order valence-corrected chi connectivity index (χ1v) is 6.91. The van der Waals surface area contributed by atoms with Gasteiger partial charge in [-0.25, -0.2) is 4.79 Å². The summed E-state index contributed by atoms with van der Waals surface area (Å²) in [5, 5.41) is 3.52. The van der Waals surface area contributed by atoms with Crippen molar-refractivity contribution in [3.8, 4) is 5.75 Å². The first-order chi connectivity index (χ1) is 11.6. The molecular weight excluding hydrogens is 351 g/mol. The van der Waals surface area contributed by atoms with Gasteiger partial charge in [0.15, 0.2) is 0 Å². The Morgan fingerprint density at radius 1 is 1.16 bits per heavy atom. The Morgan fingerprint density at radius 3 is 2.48 bits per heavy atom. The smallest absolute Gasteiger partial charge is 0.408 e. The second-order valence-electron chi connectivity index (χ2n) is 4.95. The molecule has 0 aliphatic rings. The second kappa shape index (κ2) is 7.08. The molecule has 1 heterocycles. The Hall–Kier alpha value is -2.65. The molecule has 2 rings (SSSR count). The van der Waals surface area contributed by atoms with Crippen molar-refractivity contribution >= 4 is 5.97 Å². The van der Waals surface area contributed by atoms with Crippen LogP contribution in [0, 0.1) is 0 Å². The maximum Gasteiger partial charge on any atom is 0.408 e. The van der Waals surface area contributed by atoms with E-state index >= 15 is 0 Å². The predicted molar refractivity (Wildman–Crippen MR) is 75.0 cm³/mol. The van der Waals surface area contributed by atoms with Crippen molar-refractivity contribution in [2.75, 3.05) is 7.11 Å². The third-order valence-corrected chi connectivity index (χ3v) is 3.18. The van der Waals surface area contributed by atoms with E-state index in [1.807, 2.05) is 0 Å². The molecule has 0 unspecified atom stereocenters. The highest BCUT2D eigenvalue weighted by molar-refractivity contribution is 5.80. The maximum absolute atomic E-state index is 14.1. The lowest BCUT2D eigenvalue weighted by molar-refractivity contribution is -0.170. The van der Waals surface area contributed by atoms with Crippen molar-refractivity contribution in [1.29, 1.82) is 0 Å². The summed E-state index contributed by atoms with van der Waals surface area (Å²) in [7, 11) is 0.815. The fourth-order valence-corrected chi connectivity index (χ4v) is 2.04. The van der Waals surface area contributed by atoms with E-state index in [9.17, 15) is 26.7 Å². The van der Waals surface area contributed by atoms with Gasteiger partial charge >= 0.3 is 18.1 Å². The van der Waals surface area contributed by atoms with Gasteiger partial charge in [0.05, 0.1) is 18.4 Å². The van der Waals surface area contributed by atoms with Crippen LogP contribution in [-0.2, 0) is 28.6 Å². The van der Waals surface area contributed by atoms with Gasteiger partial charge in [-0.2, -0.15) is 27.1 Å². The van der Waals surface area contributed by atoms with Gasteiger partial charge in [-0.15, -0.1) is 0 Å². The van der Waals surface area contributed by atoms with E-state index in [4.69, 9.17) is 4.74 Å². The summed E-state index contributed by atoms with van der Waals surface area (Å²) in [6, 6.07) is 6.08. The van der Waals surface area contributed by atoms with Crippen molar-refractivity contribution in [2.45, 2.75) is 25.3 Å². The van der Waals surface area contributed by atoms with Gasteiger partial charge in [-0.05, 0) is 18.2 Å². The molecule has 1 aromatic carbocycles. The molecule has 5 nitrogen and oxygen atoms in total. The number of nitrogens with zero attached hydrogens (tertiary/aromatic N) is 2. The molecule has 10 heteroatoms. The molecule has 0 fully saturated rings. The molecule has 0 spiro atoms. The van der Waals surface area contributed by atoms with E-state index in [0.717, 1.165) is 19.4 Å². The zero-order chi connectivity index (χ0) is 18.7. The Morgan fingerprint density at radius 2 is 1.84 bits per heavy atom. The summed E-state index contributed by atoms with van der Waals surface area (Å²) in [5.41, 5.74) is -0.711. The first-order valence-electron chi connectivity index (χ1n) is 6.91. The van der Waals surface area contributed by atoms with Crippen LogP contribution in [0.4, 0.5) is 22.0 Å². The third-order valence-electron chi connectivity index (χ3n) is 3.18. The minimum Gasteiger partial charge on any atom is -0.487 e. The Balaban J connectivity index is 2.21. The van der Waals surface area contributed by atoms with Crippen LogP contribution in [0.15, 0.2) is 36.5 Å². The van der Waals surface area contributed by atoms with Crippen molar-refractivity contribution in [2.24, 2.45) is 0 Å². The van der Waals surface area contributed by atoms with E-state index in [2.05, 4.69) is 9.84 Å². The van der Waals surface area contributed by atoms with Crippen LogP contribution in [0.1, 0.15) is 11.3 Å². The Labute approximate surface area is 139 Å². The van der Waals surface area contributed by atoms with E-state index in [1.54, 1.807) is 0 Å². The van der Waals surface area contributed by atoms with E-state index in [-0.39, 0.29) is 11.4 Å². The van der Waals surface area contributed by atoms with Gasteiger partial charge in [0, 0.05) is 6.20 Å². The Kier molecular flexibility index (Phi) is 5.29. The number of alkyl halides is 5.